The molecule has 3 aromatic rings. The number of hydrogen-bond acceptors (Lipinski definition) is 6. The zero-order chi connectivity index (χ0) is 24.0. The van der Waals surface area contributed by atoms with Crippen molar-refractivity contribution in [1.82, 2.24) is 24.5 Å². The van der Waals surface area contributed by atoms with Crippen LogP contribution in [0.15, 0.2) is 24.4 Å². The second-order valence-corrected chi connectivity index (χ2v) is 10.0. The molecule has 0 unspecified atom stereocenters. The van der Waals surface area contributed by atoms with Gasteiger partial charge in [0.05, 0.1) is 28.7 Å². The molecule has 0 spiro atoms. The zero-order valence-corrected chi connectivity index (χ0v) is 20.6. The zero-order valence-electron chi connectivity index (χ0n) is 19.1. The Morgan fingerprint density at radius 1 is 1.21 bits per heavy atom. The highest BCUT2D eigenvalue weighted by atomic mass is 35.5. The molecule has 0 bridgehead atoms. The van der Waals surface area contributed by atoms with Gasteiger partial charge in [0.25, 0.3) is 5.91 Å². The van der Waals surface area contributed by atoms with E-state index in [2.05, 4.69) is 22.9 Å². The minimum absolute atomic E-state index is 0.00614. The summed E-state index contributed by atoms with van der Waals surface area (Å²) >= 11 is 12.3. The monoisotopic (exact) mass is 497 g/mol. The number of fused-ring (bicyclic) bond motifs is 1. The molecule has 5 heterocycles. The number of rotatable bonds is 3. The number of nitriles is 1. The van der Waals surface area contributed by atoms with E-state index in [-0.39, 0.29) is 33.7 Å². The molecule has 2 saturated heterocycles. The molecule has 3 aromatic heterocycles. The SMILES string of the molecule is Cc1cn2nc([C@@H]3CCCCN3C(=O)c3nc(Cl)ccc3Cl)cc2nc1N1C[C@@H](C#N)[C@@H](C)C1. The Bertz CT molecular complexity index is 1300. The van der Waals surface area contributed by atoms with E-state index in [9.17, 15) is 10.1 Å². The molecule has 10 heteroatoms. The molecule has 3 atom stereocenters. The van der Waals surface area contributed by atoms with Gasteiger partial charge >= 0.3 is 0 Å². The molecule has 8 nitrogen and oxygen atoms in total. The van der Waals surface area contributed by atoms with Crippen LogP contribution < -0.4 is 4.90 Å². The molecule has 176 valence electrons. The van der Waals surface area contributed by atoms with Gasteiger partial charge in [0.2, 0.25) is 0 Å². The number of piperidine rings is 1. The van der Waals surface area contributed by atoms with Crippen molar-refractivity contribution in [2.24, 2.45) is 11.8 Å². The fourth-order valence-electron chi connectivity index (χ4n) is 5.00. The van der Waals surface area contributed by atoms with Crippen molar-refractivity contribution in [3.05, 3.63) is 51.5 Å². The van der Waals surface area contributed by atoms with Crippen LogP contribution in [0, 0.1) is 30.1 Å². The molecule has 0 aliphatic carbocycles. The lowest BCUT2D eigenvalue weighted by Crippen LogP contribution is -2.39. The quantitative estimate of drug-likeness (QED) is 0.486. The number of aromatic nitrogens is 4. The van der Waals surface area contributed by atoms with E-state index in [0.29, 0.717) is 19.0 Å². The summed E-state index contributed by atoms with van der Waals surface area (Å²) in [4.78, 5) is 26.4. The summed E-state index contributed by atoms with van der Waals surface area (Å²) in [5.74, 6) is 0.950. The first kappa shape index (κ1) is 22.9. The molecular weight excluding hydrogens is 473 g/mol. The standard InChI is InChI=1S/C24H25Cl2N7O/c1-14-11-31(13-16(14)10-27)23-15(2)12-33-21(29-23)9-18(30-33)19-5-3-4-8-32(19)24(34)22-17(25)6-7-20(26)28-22/h6-7,9,12,14,16,19H,3-5,8,11,13H2,1-2H3/t14-,16+,19-/m0/s1. The molecule has 34 heavy (non-hydrogen) atoms. The third kappa shape index (κ3) is 4.08. The Labute approximate surface area is 208 Å². The van der Waals surface area contributed by atoms with Crippen LogP contribution in [-0.4, -0.2) is 50.0 Å². The van der Waals surface area contributed by atoms with E-state index < -0.39 is 0 Å². The van der Waals surface area contributed by atoms with Gasteiger partial charge in [-0.2, -0.15) is 10.4 Å². The summed E-state index contributed by atoms with van der Waals surface area (Å²) in [6.07, 6.45) is 4.67. The molecule has 1 amide bonds. The van der Waals surface area contributed by atoms with Gasteiger partial charge in [-0.25, -0.2) is 14.5 Å². The summed E-state index contributed by atoms with van der Waals surface area (Å²) in [6, 6.07) is 7.33. The average Bonchev–Trinajstić information content (AvgIpc) is 3.42. The number of carbonyl (C=O) groups is 1. The first-order chi connectivity index (χ1) is 16.4. The van der Waals surface area contributed by atoms with Crippen molar-refractivity contribution in [3.63, 3.8) is 0 Å². The second-order valence-electron chi connectivity index (χ2n) is 9.21. The summed E-state index contributed by atoms with van der Waals surface area (Å²) in [6.45, 7) is 6.20. The van der Waals surface area contributed by atoms with Gasteiger partial charge in [-0.05, 0) is 44.2 Å². The van der Waals surface area contributed by atoms with E-state index in [1.807, 2.05) is 19.2 Å². The maximum absolute atomic E-state index is 13.4. The van der Waals surface area contributed by atoms with Crippen LogP contribution >= 0.6 is 23.2 Å². The fourth-order valence-corrected chi connectivity index (χ4v) is 5.33. The number of carbonyl (C=O) groups excluding carboxylic acids is 1. The lowest BCUT2D eigenvalue weighted by molar-refractivity contribution is 0.0600. The van der Waals surface area contributed by atoms with Gasteiger partial charge in [0, 0.05) is 37.5 Å². The maximum atomic E-state index is 13.4. The van der Waals surface area contributed by atoms with E-state index in [1.54, 1.807) is 21.5 Å². The van der Waals surface area contributed by atoms with Gasteiger partial charge in [-0.15, -0.1) is 0 Å². The smallest absolute Gasteiger partial charge is 0.274 e. The van der Waals surface area contributed by atoms with Crippen molar-refractivity contribution >= 4 is 40.6 Å². The minimum atomic E-state index is -0.243. The molecule has 0 aromatic carbocycles. The van der Waals surface area contributed by atoms with Gasteiger partial charge < -0.3 is 9.80 Å². The van der Waals surface area contributed by atoms with E-state index in [1.165, 1.54) is 0 Å². The lowest BCUT2D eigenvalue weighted by atomic mass is 9.99. The molecule has 2 aliphatic rings. The number of halogens is 2. The number of amides is 1. The Hall–Kier alpha value is -2.89. The largest absolute Gasteiger partial charge is 0.355 e. The fraction of sp³-hybridized carbons (Fsp3) is 0.458. The van der Waals surface area contributed by atoms with Crippen LogP contribution in [-0.2, 0) is 0 Å². The van der Waals surface area contributed by atoms with Crippen LogP contribution in [0.25, 0.3) is 5.65 Å². The molecular formula is C24H25Cl2N7O. The van der Waals surface area contributed by atoms with Crippen molar-refractivity contribution < 1.29 is 4.79 Å². The molecule has 0 saturated carbocycles. The predicted molar refractivity (Wildman–Crippen MR) is 130 cm³/mol. The van der Waals surface area contributed by atoms with Crippen molar-refractivity contribution in [2.75, 3.05) is 24.5 Å². The minimum Gasteiger partial charge on any atom is -0.355 e. The van der Waals surface area contributed by atoms with E-state index in [4.69, 9.17) is 33.3 Å². The summed E-state index contributed by atoms with van der Waals surface area (Å²) < 4.78 is 1.78. The Kier molecular flexibility index (Phi) is 6.09. The van der Waals surface area contributed by atoms with E-state index >= 15 is 0 Å². The van der Waals surface area contributed by atoms with Crippen molar-refractivity contribution in [3.8, 4) is 6.07 Å². The molecule has 0 N–H and O–H groups in total. The summed E-state index contributed by atoms with van der Waals surface area (Å²) in [7, 11) is 0. The first-order valence-corrected chi connectivity index (χ1v) is 12.3. The highest BCUT2D eigenvalue weighted by Crippen LogP contribution is 2.34. The molecule has 2 fully saturated rings. The number of anilines is 1. The van der Waals surface area contributed by atoms with Crippen molar-refractivity contribution in [2.45, 2.75) is 39.2 Å². The summed E-state index contributed by atoms with van der Waals surface area (Å²) in [5.41, 5.74) is 2.68. The van der Waals surface area contributed by atoms with Crippen LogP contribution in [0.1, 0.15) is 54.0 Å². The Morgan fingerprint density at radius 3 is 2.79 bits per heavy atom. The van der Waals surface area contributed by atoms with Gasteiger partial charge in [0.1, 0.15) is 16.7 Å². The molecule has 2 aliphatic heterocycles. The highest BCUT2D eigenvalue weighted by Gasteiger charge is 2.34. The van der Waals surface area contributed by atoms with Gasteiger partial charge in [-0.3, -0.25) is 4.79 Å². The van der Waals surface area contributed by atoms with Crippen LogP contribution in [0.4, 0.5) is 5.82 Å². The molecule has 0 radical (unpaired) electrons. The number of aryl methyl sites for hydroxylation is 1. The number of hydrogen-bond donors (Lipinski definition) is 0. The lowest BCUT2D eigenvalue weighted by Gasteiger charge is -2.34. The van der Waals surface area contributed by atoms with Crippen LogP contribution in [0.3, 0.4) is 0 Å². The Morgan fingerprint density at radius 2 is 2.03 bits per heavy atom. The number of likely N-dealkylation sites (tertiary alicyclic amines) is 1. The van der Waals surface area contributed by atoms with Crippen molar-refractivity contribution in [1.29, 1.82) is 5.26 Å². The predicted octanol–water partition coefficient (Wildman–Crippen LogP) is 4.70. The molecule has 5 rings (SSSR count). The van der Waals surface area contributed by atoms with Crippen LogP contribution in [0.5, 0.6) is 0 Å². The normalized spacial score (nSPS) is 22.9. The highest BCUT2D eigenvalue weighted by molar-refractivity contribution is 6.34. The summed E-state index contributed by atoms with van der Waals surface area (Å²) in [5, 5.41) is 14.7. The number of pyridine rings is 1. The van der Waals surface area contributed by atoms with Gasteiger partial charge in [-0.1, -0.05) is 30.1 Å². The Balaban J connectivity index is 1.47. The maximum Gasteiger partial charge on any atom is 0.274 e. The number of nitrogens with zero attached hydrogens (tertiary/aromatic N) is 7. The topological polar surface area (TPSA) is 90.4 Å². The van der Waals surface area contributed by atoms with Gasteiger partial charge in [0.15, 0.2) is 5.65 Å². The first-order valence-electron chi connectivity index (χ1n) is 11.5. The van der Waals surface area contributed by atoms with E-state index in [0.717, 1.165) is 48.5 Å². The third-order valence-electron chi connectivity index (χ3n) is 6.82. The third-order valence-corrected chi connectivity index (χ3v) is 7.34. The van der Waals surface area contributed by atoms with Crippen LogP contribution in [0.2, 0.25) is 10.2 Å². The second kappa shape index (κ2) is 9.05. The average molecular weight is 498 g/mol.